The highest BCUT2D eigenvalue weighted by Gasteiger charge is 2.07. The van der Waals surface area contributed by atoms with E-state index in [9.17, 15) is 4.79 Å². The van der Waals surface area contributed by atoms with E-state index >= 15 is 0 Å². The Hall–Kier alpha value is -3.70. The van der Waals surface area contributed by atoms with Crippen molar-refractivity contribution in [3.63, 3.8) is 0 Å². The highest BCUT2D eigenvalue weighted by atomic mass is 32.2. The minimum absolute atomic E-state index is 0.0705. The molecule has 150 valence electrons. The number of nitrogens with zero attached hydrogens (tertiary/aromatic N) is 2. The van der Waals surface area contributed by atoms with Gasteiger partial charge in [-0.05, 0) is 34.7 Å². The lowest BCUT2D eigenvalue weighted by Crippen LogP contribution is -2.11. The number of thioether (sulfide) groups is 1. The average Bonchev–Trinajstić information content (AvgIpc) is 2.83. The van der Waals surface area contributed by atoms with Gasteiger partial charge in [0.25, 0.3) is 5.56 Å². The largest absolute Gasteiger partial charge is 0.322 e. The Morgan fingerprint density at radius 2 is 1.48 bits per heavy atom. The number of rotatable bonds is 5. The average molecular weight is 422 g/mol. The molecule has 3 aromatic carbocycles. The molecule has 0 aliphatic heterocycles. The van der Waals surface area contributed by atoms with Crippen LogP contribution in [0.5, 0.6) is 0 Å². The van der Waals surface area contributed by atoms with E-state index in [2.05, 4.69) is 46.4 Å². The van der Waals surface area contributed by atoms with Crippen LogP contribution in [0.2, 0.25) is 0 Å². The van der Waals surface area contributed by atoms with E-state index in [0.29, 0.717) is 16.5 Å². The van der Waals surface area contributed by atoms with Crippen LogP contribution in [-0.2, 0) is 5.75 Å². The molecule has 5 heteroatoms. The van der Waals surface area contributed by atoms with E-state index in [4.69, 9.17) is 4.98 Å². The fourth-order valence-corrected chi connectivity index (χ4v) is 4.27. The summed E-state index contributed by atoms with van der Waals surface area (Å²) in [5.74, 6) is 0.510. The molecule has 0 saturated carbocycles. The number of benzene rings is 3. The van der Waals surface area contributed by atoms with Gasteiger partial charge in [0.1, 0.15) is 0 Å². The predicted octanol–water partition coefficient (Wildman–Crippen LogP) is 5.94. The summed E-state index contributed by atoms with van der Waals surface area (Å²) in [5, 5.41) is 1.67. The van der Waals surface area contributed by atoms with Crippen LogP contribution in [0.3, 0.4) is 0 Å². The van der Waals surface area contributed by atoms with Crippen LogP contribution in [-0.4, -0.2) is 15.0 Å². The third-order valence-corrected chi connectivity index (χ3v) is 6.02. The van der Waals surface area contributed by atoms with Gasteiger partial charge in [0.15, 0.2) is 5.16 Å². The van der Waals surface area contributed by atoms with Crippen LogP contribution in [0.15, 0.2) is 107 Å². The van der Waals surface area contributed by atoms with Crippen molar-refractivity contribution in [3.8, 4) is 22.4 Å². The number of H-pyrrole nitrogens is 1. The zero-order valence-electron chi connectivity index (χ0n) is 16.7. The maximum Gasteiger partial charge on any atom is 0.252 e. The number of aromatic nitrogens is 3. The lowest BCUT2D eigenvalue weighted by molar-refractivity contribution is 0.971. The number of hydrogen-bond donors (Lipinski definition) is 1. The highest BCUT2D eigenvalue weighted by molar-refractivity contribution is 7.98. The van der Waals surface area contributed by atoms with Crippen molar-refractivity contribution in [2.75, 3.05) is 0 Å². The minimum atomic E-state index is -0.0705. The highest BCUT2D eigenvalue weighted by Crippen LogP contribution is 2.26. The summed E-state index contributed by atoms with van der Waals surface area (Å²) in [6.45, 7) is 0. The Balaban J connectivity index is 1.35. The molecule has 0 spiro atoms. The molecule has 5 rings (SSSR count). The van der Waals surface area contributed by atoms with E-state index in [-0.39, 0.29) is 5.56 Å². The third-order valence-electron chi connectivity index (χ3n) is 5.11. The predicted molar refractivity (Wildman–Crippen MR) is 127 cm³/mol. The fourth-order valence-electron chi connectivity index (χ4n) is 3.48. The maximum absolute atomic E-state index is 12.4. The first-order valence-electron chi connectivity index (χ1n) is 9.99. The molecule has 1 N–H and O–H groups in total. The standard InChI is InChI=1S/C26H19N3OS/c30-25-22(16-21-8-4-5-9-23(21)28-25)17-31-26-27-15-14-24(29-26)20-12-10-19(11-13-20)18-6-2-1-3-7-18/h1-16H,17H2,(H,28,30). The minimum Gasteiger partial charge on any atom is -0.322 e. The van der Waals surface area contributed by atoms with Crippen molar-refractivity contribution in [1.82, 2.24) is 15.0 Å². The second kappa shape index (κ2) is 8.58. The number of pyridine rings is 1. The first kappa shape index (κ1) is 19.3. The SMILES string of the molecule is O=c1[nH]c2ccccc2cc1CSc1nccc(-c2ccc(-c3ccccc3)cc2)n1. The zero-order valence-corrected chi connectivity index (χ0v) is 17.5. The van der Waals surface area contributed by atoms with Gasteiger partial charge in [-0.15, -0.1) is 0 Å². The van der Waals surface area contributed by atoms with Crippen LogP contribution in [0.4, 0.5) is 0 Å². The van der Waals surface area contributed by atoms with Gasteiger partial charge in [-0.1, -0.05) is 84.6 Å². The van der Waals surface area contributed by atoms with Crippen molar-refractivity contribution in [2.24, 2.45) is 0 Å². The fraction of sp³-hybridized carbons (Fsp3) is 0.0385. The summed E-state index contributed by atoms with van der Waals surface area (Å²) in [7, 11) is 0. The summed E-state index contributed by atoms with van der Waals surface area (Å²) in [4.78, 5) is 24.4. The van der Waals surface area contributed by atoms with Gasteiger partial charge in [-0.2, -0.15) is 0 Å². The number of nitrogens with one attached hydrogen (secondary N) is 1. The summed E-state index contributed by atoms with van der Waals surface area (Å²) in [5.41, 5.74) is 5.75. The molecule has 0 bridgehead atoms. The Kier molecular flexibility index (Phi) is 5.33. The topological polar surface area (TPSA) is 58.6 Å². The van der Waals surface area contributed by atoms with Crippen LogP contribution < -0.4 is 5.56 Å². The molecule has 0 radical (unpaired) electrons. The molecule has 0 saturated heterocycles. The van der Waals surface area contributed by atoms with E-state index in [1.165, 1.54) is 22.9 Å². The van der Waals surface area contributed by atoms with Gasteiger partial charge < -0.3 is 4.98 Å². The quantitative estimate of drug-likeness (QED) is 0.282. The molecule has 0 atom stereocenters. The Morgan fingerprint density at radius 3 is 2.32 bits per heavy atom. The second-order valence-electron chi connectivity index (χ2n) is 7.17. The smallest absolute Gasteiger partial charge is 0.252 e. The van der Waals surface area contributed by atoms with Gasteiger partial charge in [-0.25, -0.2) is 9.97 Å². The molecular weight excluding hydrogens is 402 g/mol. The molecule has 0 unspecified atom stereocenters. The van der Waals surface area contributed by atoms with Crippen molar-refractivity contribution in [1.29, 1.82) is 0 Å². The Morgan fingerprint density at radius 1 is 0.774 bits per heavy atom. The van der Waals surface area contributed by atoms with E-state index < -0.39 is 0 Å². The van der Waals surface area contributed by atoms with Crippen molar-refractivity contribution in [2.45, 2.75) is 10.9 Å². The summed E-state index contributed by atoms with van der Waals surface area (Å²) in [6, 6.07) is 30.3. The molecular formula is C26H19N3OS. The number of hydrogen-bond acceptors (Lipinski definition) is 4. The van der Waals surface area contributed by atoms with Crippen LogP contribution >= 0.6 is 11.8 Å². The van der Waals surface area contributed by atoms with Crippen LogP contribution in [0, 0.1) is 0 Å². The molecule has 2 aromatic heterocycles. The molecule has 0 amide bonds. The molecule has 0 fully saturated rings. The van der Waals surface area contributed by atoms with E-state index in [0.717, 1.165) is 22.2 Å². The van der Waals surface area contributed by atoms with Gasteiger partial charge >= 0.3 is 0 Å². The number of aromatic amines is 1. The molecule has 0 aliphatic carbocycles. The maximum atomic E-state index is 12.4. The zero-order chi connectivity index (χ0) is 21.0. The summed E-state index contributed by atoms with van der Waals surface area (Å²) >= 11 is 1.46. The normalized spacial score (nSPS) is 11.0. The van der Waals surface area contributed by atoms with Crippen molar-refractivity contribution >= 4 is 22.7 Å². The van der Waals surface area contributed by atoms with Crippen molar-refractivity contribution in [3.05, 3.63) is 113 Å². The molecule has 31 heavy (non-hydrogen) atoms. The monoisotopic (exact) mass is 421 g/mol. The Bertz CT molecular complexity index is 1400. The summed E-state index contributed by atoms with van der Waals surface area (Å²) in [6.07, 6.45) is 1.76. The van der Waals surface area contributed by atoms with Crippen LogP contribution in [0.1, 0.15) is 5.56 Å². The van der Waals surface area contributed by atoms with Gasteiger partial charge in [-0.3, -0.25) is 4.79 Å². The molecule has 4 nitrogen and oxygen atoms in total. The first-order chi connectivity index (χ1) is 15.3. The molecule has 0 aliphatic rings. The lowest BCUT2D eigenvalue weighted by Gasteiger charge is -2.06. The van der Waals surface area contributed by atoms with Gasteiger partial charge in [0.05, 0.1) is 5.69 Å². The number of para-hydroxylation sites is 1. The van der Waals surface area contributed by atoms with E-state index in [1.54, 1.807) is 6.20 Å². The molecule has 5 aromatic rings. The van der Waals surface area contributed by atoms with Gasteiger partial charge in [0.2, 0.25) is 0 Å². The Labute approximate surface area is 184 Å². The summed E-state index contributed by atoms with van der Waals surface area (Å²) < 4.78 is 0. The first-order valence-corrected chi connectivity index (χ1v) is 11.0. The van der Waals surface area contributed by atoms with Crippen LogP contribution in [0.25, 0.3) is 33.3 Å². The lowest BCUT2D eigenvalue weighted by atomic mass is 10.0. The third kappa shape index (κ3) is 4.27. The van der Waals surface area contributed by atoms with Gasteiger partial charge in [0, 0.05) is 28.6 Å². The van der Waals surface area contributed by atoms with E-state index in [1.807, 2.05) is 54.6 Å². The van der Waals surface area contributed by atoms with Crippen molar-refractivity contribution < 1.29 is 0 Å². The number of fused-ring (bicyclic) bond motifs is 1. The molecule has 2 heterocycles. The second-order valence-corrected chi connectivity index (χ2v) is 8.11.